The van der Waals surface area contributed by atoms with Crippen molar-refractivity contribution in [3.63, 3.8) is 0 Å². The van der Waals surface area contributed by atoms with Crippen LogP contribution in [-0.4, -0.2) is 31.5 Å². The second-order valence-corrected chi connectivity index (χ2v) is 5.58. The molecule has 0 radical (unpaired) electrons. The smallest absolute Gasteiger partial charge is 0.226 e. The van der Waals surface area contributed by atoms with Gasteiger partial charge in [0.05, 0.1) is 13.5 Å². The Morgan fingerprint density at radius 2 is 1.82 bits per heavy atom. The van der Waals surface area contributed by atoms with E-state index in [-0.39, 0.29) is 5.91 Å². The van der Waals surface area contributed by atoms with Crippen LogP contribution in [-0.2, 0) is 17.6 Å². The number of carbonyl (C=O) groups excluding carboxylic acids is 1. The molecule has 0 saturated heterocycles. The van der Waals surface area contributed by atoms with Crippen LogP contribution in [0.5, 0.6) is 5.75 Å². The zero-order valence-electron chi connectivity index (χ0n) is 13.5. The van der Waals surface area contributed by atoms with Crippen molar-refractivity contribution in [2.24, 2.45) is 0 Å². The third kappa shape index (κ3) is 4.62. The van der Waals surface area contributed by atoms with E-state index in [1.54, 1.807) is 12.0 Å². The highest BCUT2D eigenvalue weighted by molar-refractivity contribution is 5.78. The van der Waals surface area contributed by atoms with Crippen LogP contribution in [0.4, 0.5) is 0 Å². The lowest BCUT2D eigenvalue weighted by Gasteiger charge is -2.17. The Kier molecular flexibility index (Phi) is 5.59. The number of ether oxygens (including phenoxy) is 1. The molecule has 0 aliphatic heterocycles. The zero-order valence-corrected chi connectivity index (χ0v) is 13.5. The molecule has 0 aromatic heterocycles. The fraction of sp³-hybridized carbons (Fsp3) is 0.316. The molecule has 3 heteroatoms. The van der Waals surface area contributed by atoms with Gasteiger partial charge in [-0.05, 0) is 36.6 Å². The van der Waals surface area contributed by atoms with Crippen LogP contribution in [0.25, 0.3) is 0 Å². The number of nitrogens with zero attached hydrogens (tertiary/aromatic N) is 1. The topological polar surface area (TPSA) is 29.5 Å². The summed E-state index contributed by atoms with van der Waals surface area (Å²) in [7, 11) is 3.50. The minimum absolute atomic E-state index is 0.137. The zero-order chi connectivity index (χ0) is 15.9. The van der Waals surface area contributed by atoms with Crippen molar-refractivity contribution in [2.75, 3.05) is 20.7 Å². The van der Waals surface area contributed by atoms with E-state index in [0.29, 0.717) is 6.42 Å². The molecule has 0 fully saturated rings. The summed E-state index contributed by atoms with van der Waals surface area (Å²) in [6.07, 6.45) is 1.31. The predicted molar refractivity (Wildman–Crippen MR) is 89.2 cm³/mol. The van der Waals surface area contributed by atoms with Gasteiger partial charge in [-0.25, -0.2) is 0 Å². The highest BCUT2D eigenvalue weighted by atomic mass is 16.5. The lowest BCUT2D eigenvalue weighted by molar-refractivity contribution is -0.129. The molecule has 0 bridgehead atoms. The molecule has 3 nitrogen and oxygen atoms in total. The number of aryl methyl sites for hydroxylation is 1. The summed E-state index contributed by atoms with van der Waals surface area (Å²) >= 11 is 0. The van der Waals surface area contributed by atoms with Crippen LogP contribution in [0.15, 0.2) is 48.5 Å². The lowest BCUT2D eigenvalue weighted by Crippen LogP contribution is -2.30. The summed E-state index contributed by atoms with van der Waals surface area (Å²) in [4.78, 5) is 14.0. The summed E-state index contributed by atoms with van der Waals surface area (Å²) in [5, 5.41) is 0. The molecule has 0 spiro atoms. The number of likely N-dealkylation sites (N-methyl/N-ethyl adjacent to an activating group) is 1. The Hall–Kier alpha value is -2.29. The van der Waals surface area contributed by atoms with Gasteiger partial charge in [0.15, 0.2) is 0 Å². The van der Waals surface area contributed by atoms with E-state index >= 15 is 0 Å². The fourth-order valence-electron chi connectivity index (χ4n) is 2.34. The van der Waals surface area contributed by atoms with Crippen LogP contribution in [0, 0.1) is 6.92 Å². The van der Waals surface area contributed by atoms with Gasteiger partial charge in [-0.2, -0.15) is 0 Å². The van der Waals surface area contributed by atoms with Crippen molar-refractivity contribution in [3.05, 3.63) is 65.2 Å². The summed E-state index contributed by atoms with van der Waals surface area (Å²) in [5.74, 6) is 0.946. The predicted octanol–water partition coefficient (Wildman–Crippen LogP) is 3.25. The monoisotopic (exact) mass is 297 g/mol. The first kappa shape index (κ1) is 16.1. The third-order valence-corrected chi connectivity index (χ3v) is 3.76. The second-order valence-electron chi connectivity index (χ2n) is 5.58. The number of benzene rings is 2. The molecular weight excluding hydrogens is 274 g/mol. The summed E-state index contributed by atoms with van der Waals surface area (Å²) in [6.45, 7) is 2.82. The maximum absolute atomic E-state index is 12.2. The van der Waals surface area contributed by atoms with Gasteiger partial charge in [0.25, 0.3) is 0 Å². The Morgan fingerprint density at radius 1 is 1.09 bits per heavy atom. The van der Waals surface area contributed by atoms with Crippen molar-refractivity contribution in [2.45, 2.75) is 19.8 Å². The Labute approximate surface area is 132 Å². The minimum Gasteiger partial charge on any atom is -0.497 e. The highest BCUT2D eigenvalue weighted by Crippen LogP contribution is 2.12. The van der Waals surface area contributed by atoms with Crippen molar-refractivity contribution in [3.8, 4) is 5.75 Å². The molecule has 0 aliphatic carbocycles. The normalized spacial score (nSPS) is 10.3. The average molecular weight is 297 g/mol. The number of rotatable bonds is 6. The van der Waals surface area contributed by atoms with E-state index in [9.17, 15) is 4.79 Å². The van der Waals surface area contributed by atoms with E-state index < -0.39 is 0 Å². The molecule has 0 aliphatic rings. The van der Waals surface area contributed by atoms with E-state index in [1.807, 2.05) is 31.3 Å². The van der Waals surface area contributed by atoms with Crippen LogP contribution in [0.3, 0.4) is 0 Å². The summed E-state index contributed by atoms with van der Waals surface area (Å²) in [5.41, 5.74) is 3.53. The largest absolute Gasteiger partial charge is 0.497 e. The molecule has 0 unspecified atom stereocenters. The van der Waals surface area contributed by atoms with E-state index in [0.717, 1.165) is 24.3 Å². The van der Waals surface area contributed by atoms with Crippen molar-refractivity contribution in [1.82, 2.24) is 4.90 Å². The molecular formula is C19H23NO2. The Morgan fingerprint density at radius 3 is 2.45 bits per heavy atom. The van der Waals surface area contributed by atoms with E-state index in [1.165, 1.54) is 11.1 Å². The minimum atomic E-state index is 0.137. The molecule has 2 rings (SSSR count). The van der Waals surface area contributed by atoms with Gasteiger partial charge in [-0.3, -0.25) is 4.79 Å². The second kappa shape index (κ2) is 7.64. The summed E-state index contributed by atoms with van der Waals surface area (Å²) < 4.78 is 5.12. The number of hydrogen-bond acceptors (Lipinski definition) is 2. The fourth-order valence-corrected chi connectivity index (χ4v) is 2.34. The van der Waals surface area contributed by atoms with E-state index in [2.05, 4.69) is 31.2 Å². The number of carbonyl (C=O) groups is 1. The van der Waals surface area contributed by atoms with Gasteiger partial charge in [0.1, 0.15) is 5.75 Å². The van der Waals surface area contributed by atoms with Gasteiger partial charge in [-0.15, -0.1) is 0 Å². The van der Waals surface area contributed by atoms with Gasteiger partial charge in [0, 0.05) is 13.6 Å². The van der Waals surface area contributed by atoms with Crippen molar-refractivity contribution in [1.29, 1.82) is 0 Å². The van der Waals surface area contributed by atoms with Crippen LogP contribution >= 0.6 is 0 Å². The van der Waals surface area contributed by atoms with Crippen molar-refractivity contribution >= 4 is 5.91 Å². The number of methoxy groups -OCH3 is 1. The van der Waals surface area contributed by atoms with Gasteiger partial charge in [0.2, 0.25) is 5.91 Å². The maximum Gasteiger partial charge on any atom is 0.226 e. The molecule has 0 saturated carbocycles. The third-order valence-electron chi connectivity index (χ3n) is 3.76. The molecule has 0 heterocycles. The molecule has 2 aromatic carbocycles. The number of hydrogen-bond donors (Lipinski definition) is 0. The van der Waals surface area contributed by atoms with Crippen LogP contribution < -0.4 is 4.74 Å². The number of amides is 1. The molecule has 1 amide bonds. The average Bonchev–Trinajstić information content (AvgIpc) is 2.53. The quantitative estimate of drug-likeness (QED) is 0.819. The highest BCUT2D eigenvalue weighted by Gasteiger charge is 2.10. The molecule has 0 N–H and O–H groups in total. The van der Waals surface area contributed by atoms with Crippen LogP contribution in [0.1, 0.15) is 16.7 Å². The lowest BCUT2D eigenvalue weighted by atomic mass is 10.1. The molecule has 116 valence electrons. The summed E-state index contributed by atoms with van der Waals surface area (Å²) in [6, 6.07) is 16.1. The van der Waals surface area contributed by atoms with Gasteiger partial charge >= 0.3 is 0 Å². The van der Waals surface area contributed by atoms with Crippen molar-refractivity contribution < 1.29 is 9.53 Å². The standard InChI is InChI=1S/C19H23NO2/c1-15-5-4-6-16(13-15)11-12-20(2)19(21)14-17-7-9-18(22-3)10-8-17/h4-10,13H,11-12,14H2,1-3H3. The molecule has 2 aromatic rings. The van der Waals surface area contributed by atoms with Gasteiger partial charge in [-0.1, -0.05) is 42.0 Å². The van der Waals surface area contributed by atoms with E-state index in [4.69, 9.17) is 4.74 Å². The first-order valence-corrected chi connectivity index (χ1v) is 7.51. The Balaban J connectivity index is 1.86. The molecule has 22 heavy (non-hydrogen) atoms. The maximum atomic E-state index is 12.2. The first-order valence-electron chi connectivity index (χ1n) is 7.51. The van der Waals surface area contributed by atoms with Gasteiger partial charge < -0.3 is 9.64 Å². The SMILES string of the molecule is COc1ccc(CC(=O)N(C)CCc2cccc(C)c2)cc1. The first-order chi connectivity index (χ1) is 10.6. The Bertz CT molecular complexity index is 620. The van der Waals surface area contributed by atoms with Crippen LogP contribution in [0.2, 0.25) is 0 Å². The molecule has 0 atom stereocenters.